The molecule has 4 rings (SSSR count). The number of aromatic nitrogens is 2. The van der Waals surface area contributed by atoms with E-state index in [9.17, 15) is 4.79 Å². The summed E-state index contributed by atoms with van der Waals surface area (Å²) < 4.78 is 14.0. The molecule has 1 aliphatic rings. The number of para-hydroxylation sites is 2. The highest BCUT2D eigenvalue weighted by molar-refractivity contribution is 5.81. The summed E-state index contributed by atoms with van der Waals surface area (Å²) in [6, 6.07) is 14.3. The van der Waals surface area contributed by atoms with Crippen molar-refractivity contribution in [2.45, 2.75) is 71.6 Å². The lowest BCUT2D eigenvalue weighted by molar-refractivity contribution is -0.130. The Balaban J connectivity index is 1.46. The van der Waals surface area contributed by atoms with E-state index < -0.39 is 0 Å². The van der Waals surface area contributed by atoms with Gasteiger partial charge < -0.3 is 19.4 Å². The van der Waals surface area contributed by atoms with E-state index >= 15 is 0 Å². The molecule has 0 radical (unpaired) electrons. The van der Waals surface area contributed by atoms with Gasteiger partial charge in [0.05, 0.1) is 23.7 Å². The molecule has 1 aromatic heterocycles. The van der Waals surface area contributed by atoms with Gasteiger partial charge in [-0.3, -0.25) is 4.79 Å². The minimum Gasteiger partial charge on any atom is -0.493 e. The van der Waals surface area contributed by atoms with Crippen LogP contribution in [0.1, 0.15) is 68.9 Å². The Morgan fingerprint density at radius 3 is 2.82 bits per heavy atom. The molecule has 1 saturated heterocycles. The summed E-state index contributed by atoms with van der Waals surface area (Å²) in [6.45, 7) is 10.5. The van der Waals surface area contributed by atoms with Crippen molar-refractivity contribution >= 4 is 16.9 Å². The molecule has 2 unspecified atom stereocenters. The molecule has 176 valence electrons. The molecular formula is C27H35N3O3. The predicted molar refractivity (Wildman–Crippen MR) is 131 cm³/mol. The minimum absolute atomic E-state index is 0.0531. The van der Waals surface area contributed by atoms with E-state index in [-0.39, 0.29) is 18.1 Å². The molecule has 2 aromatic carbocycles. The maximum absolute atomic E-state index is 12.6. The number of hydrogen-bond acceptors (Lipinski definition) is 4. The molecule has 0 aliphatic carbocycles. The largest absolute Gasteiger partial charge is 0.493 e. The second kappa shape index (κ2) is 10.4. The Bertz CT molecular complexity index is 1100. The van der Waals surface area contributed by atoms with Gasteiger partial charge in [-0.05, 0) is 68.4 Å². The fraction of sp³-hybridized carbons (Fsp3) is 0.481. The van der Waals surface area contributed by atoms with E-state index in [0.717, 1.165) is 48.4 Å². The van der Waals surface area contributed by atoms with E-state index in [0.29, 0.717) is 19.1 Å². The van der Waals surface area contributed by atoms with Gasteiger partial charge in [0.25, 0.3) is 0 Å². The zero-order valence-electron chi connectivity index (χ0n) is 20.1. The van der Waals surface area contributed by atoms with Crippen molar-refractivity contribution in [3.05, 3.63) is 59.4 Å². The van der Waals surface area contributed by atoms with Gasteiger partial charge >= 0.3 is 0 Å². The molecule has 1 aliphatic heterocycles. The molecular weight excluding hydrogens is 414 g/mol. The third kappa shape index (κ3) is 5.38. The number of imidazole rings is 1. The Labute approximate surface area is 196 Å². The van der Waals surface area contributed by atoms with Crippen LogP contribution in [0.25, 0.3) is 11.0 Å². The number of benzene rings is 2. The number of hydrogen-bond donors (Lipinski definition) is 1. The summed E-state index contributed by atoms with van der Waals surface area (Å²) in [5, 5.41) is 3.10. The minimum atomic E-state index is -0.344. The second-order valence-electron chi connectivity index (χ2n) is 9.24. The molecule has 1 fully saturated rings. The monoisotopic (exact) mass is 449 g/mol. The molecule has 33 heavy (non-hydrogen) atoms. The highest BCUT2D eigenvalue weighted by Gasteiger charge is 2.26. The average molecular weight is 450 g/mol. The SMILES string of the molecule is Cc1ccc(C(C)C)c(OCCCn2c(C(C)NC(=O)C3CCCO3)nc3ccccc32)c1. The van der Waals surface area contributed by atoms with E-state index in [2.05, 4.69) is 54.9 Å². The molecule has 1 N–H and O–H groups in total. The van der Waals surface area contributed by atoms with Crippen LogP contribution in [0.4, 0.5) is 0 Å². The predicted octanol–water partition coefficient (Wildman–Crippen LogP) is 5.29. The second-order valence-corrected chi connectivity index (χ2v) is 9.24. The van der Waals surface area contributed by atoms with Crippen LogP contribution in [0.2, 0.25) is 0 Å². The van der Waals surface area contributed by atoms with E-state index in [4.69, 9.17) is 14.5 Å². The number of fused-ring (bicyclic) bond motifs is 1. The standard InChI is InChI=1S/C27H35N3O3/c1-18(2)21-13-12-19(3)17-25(21)33-16-8-14-30-23-10-6-5-9-22(23)29-26(30)20(4)28-27(31)24-11-7-15-32-24/h5-6,9-10,12-13,17-18,20,24H,7-8,11,14-16H2,1-4H3,(H,28,31). The average Bonchev–Trinajstić information content (AvgIpc) is 3.45. The first-order valence-electron chi connectivity index (χ1n) is 12.0. The zero-order chi connectivity index (χ0) is 23.4. The smallest absolute Gasteiger partial charge is 0.249 e. The Morgan fingerprint density at radius 1 is 1.24 bits per heavy atom. The lowest BCUT2D eigenvalue weighted by Gasteiger charge is -2.19. The van der Waals surface area contributed by atoms with E-state index in [1.54, 1.807) is 0 Å². The Hall–Kier alpha value is -2.86. The third-order valence-corrected chi connectivity index (χ3v) is 6.23. The summed E-state index contributed by atoms with van der Waals surface area (Å²) in [4.78, 5) is 17.4. The Kier molecular flexibility index (Phi) is 7.33. The number of aryl methyl sites for hydroxylation is 2. The van der Waals surface area contributed by atoms with Crippen LogP contribution in [0, 0.1) is 6.92 Å². The van der Waals surface area contributed by atoms with Crippen LogP contribution in [0.15, 0.2) is 42.5 Å². The summed E-state index contributed by atoms with van der Waals surface area (Å²) in [5.74, 6) is 2.19. The van der Waals surface area contributed by atoms with Crippen molar-refractivity contribution in [1.82, 2.24) is 14.9 Å². The van der Waals surface area contributed by atoms with Gasteiger partial charge in [-0.25, -0.2) is 4.98 Å². The molecule has 1 amide bonds. The van der Waals surface area contributed by atoms with Crippen molar-refractivity contribution in [3.63, 3.8) is 0 Å². The lowest BCUT2D eigenvalue weighted by atomic mass is 10.0. The van der Waals surface area contributed by atoms with Crippen molar-refractivity contribution in [2.24, 2.45) is 0 Å². The maximum Gasteiger partial charge on any atom is 0.249 e. The van der Waals surface area contributed by atoms with Crippen molar-refractivity contribution in [3.8, 4) is 5.75 Å². The molecule has 0 bridgehead atoms. The lowest BCUT2D eigenvalue weighted by Crippen LogP contribution is -2.36. The number of rotatable bonds is 9. The highest BCUT2D eigenvalue weighted by atomic mass is 16.5. The number of nitrogens with one attached hydrogen (secondary N) is 1. The van der Waals surface area contributed by atoms with Gasteiger partial charge in [0.2, 0.25) is 5.91 Å². The first-order chi connectivity index (χ1) is 15.9. The summed E-state index contributed by atoms with van der Waals surface area (Å²) in [6.07, 6.45) is 2.21. The molecule has 6 heteroatoms. The van der Waals surface area contributed by atoms with Gasteiger partial charge in [-0.2, -0.15) is 0 Å². The molecule has 0 saturated carbocycles. The maximum atomic E-state index is 12.6. The van der Waals surface area contributed by atoms with Crippen LogP contribution in [-0.4, -0.2) is 34.8 Å². The molecule has 6 nitrogen and oxygen atoms in total. The van der Waals surface area contributed by atoms with Gasteiger partial charge in [-0.15, -0.1) is 0 Å². The van der Waals surface area contributed by atoms with Gasteiger partial charge in [0, 0.05) is 13.2 Å². The molecule has 2 atom stereocenters. The van der Waals surface area contributed by atoms with Gasteiger partial charge in [0.15, 0.2) is 0 Å². The van der Waals surface area contributed by atoms with Crippen LogP contribution < -0.4 is 10.1 Å². The summed E-state index contributed by atoms with van der Waals surface area (Å²) >= 11 is 0. The normalized spacial score (nSPS) is 16.9. The number of carbonyl (C=O) groups is 1. The van der Waals surface area contributed by atoms with Crippen molar-refractivity contribution in [2.75, 3.05) is 13.2 Å². The number of nitrogens with zero attached hydrogens (tertiary/aromatic N) is 2. The zero-order valence-corrected chi connectivity index (χ0v) is 20.1. The molecule has 2 heterocycles. The number of ether oxygens (including phenoxy) is 2. The summed E-state index contributed by atoms with van der Waals surface area (Å²) in [7, 11) is 0. The van der Waals surface area contributed by atoms with Crippen LogP contribution >= 0.6 is 0 Å². The van der Waals surface area contributed by atoms with Crippen molar-refractivity contribution < 1.29 is 14.3 Å². The van der Waals surface area contributed by atoms with Gasteiger partial charge in [0.1, 0.15) is 17.7 Å². The van der Waals surface area contributed by atoms with Crippen molar-refractivity contribution in [1.29, 1.82) is 0 Å². The quantitative estimate of drug-likeness (QED) is 0.451. The molecule has 0 spiro atoms. The topological polar surface area (TPSA) is 65.4 Å². The van der Waals surface area contributed by atoms with E-state index in [1.807, 2.05) is 25.1 Å². The van der Waals surface area contributed by atoms with Crippen LogP contribution in [-0.2, 0) is 16.1 Å². The van der Waals surface area contributed by atoms with Crippen LogP contribution in [0.3, 0.4) is 0 Å². The third-order valence-electron chi connectivity index (χ3n) is 6.23. The molecule has 3 aromatic rings. The first-order valence-corrected chi connectivity index (χ1v) is 12.0. The van der Waals surface area contributed by atoms with E-state index in [1.165, 1.54) is 11.1 Å². The number of carbonyl (C=O) groups excluding carboxylic acids is 1. The highest BCUT2D eigenvalue weighted by Crippen LogP contribution is 2.28. The fourth-order valence-electron chi connectivity index (χ4n) is 4.46. The number of amides is 1. The van der Waals surface area contributed by atoms with Crippen LogP contribution in [0.5, 0.6) is 5.75 Å². The fourth-order valence-corrected chi connectivity index (χ4v) is 4.46. The summed E-state index contributed by atoms with van der Waals surface area (Å²) in [5.41, 5.74) is 4.45. The van der Waals surface area contributed by atoms with Gasteiger partial charge in [-0.1, -0.05) is 38.1 Å². The first kappa shape index (κ1) is 23.3. The Morgan fingerprint density at radius 2 is 2.06 bits per heavy atom.